The van der Waals surface area contributed by atoms with Crippen LogP contribution in [0.3, 0.4) is 0 Å². The largest absolute Gasteiger partial charge is 0.390 e. The summed E-state index contributed by atoms with van der Waals surface area (Å²) in [4.78, 5) is -0.0540. The van der Waals surface area contributed by atoms with E-state index in [0.29, 0.717) is 0 Å². The number of hydrogen-bond donors (Lipinski definition) is 2. The van der Waals surface area contributed by atoms with Crippen molar-refractivity contribution < 1.29 is 21.6 Å². The first kappa shape index (κ1) is 16.8. The molecule has 0 amide bonds. The molecule has 0 saturated heterocycles. The van der Waals surface area contributed by atoms with Crippen LogP contribution in [0.25, 0.3) is 0 Å². The summed E-state index contributed by atoms with van der Waals surface area (Å²) in [5, 5.41) is 3.07. The predicted molar refractivity (Wildman–Crippen MR) is 71.1 cm³/mol. The maximum atomic E-state index is 12.0. The van der Waals surface area contributed by atoms with Crippen molar-refractivity contribution >= 4 is 15.7 Å². The minimum Gasteiger partial charge on any atom is -0.385 e. The van der Waals surface area contributed by atoms with E-state index >= 15 is 0 Å². The fourth-order valence-corrected chi connectivity index (χ4v) is 2.46. The van der Waals surface area contributed by atoms with Gasteiger partial charge in [0.05, 0.1) is 11.3 Å². The summed E-state index contributed by atoms with van der Waals surface area (Å²) in [7, 11) is -3.90. The number of alkyl halides is 3. The molecule has 0 atom stereocenters. The van der Waals surface area contributed by atoms with Gasteiger partial charge in [0.1, 0.15) is 0 Å². The van der Waals surface area contributed by atoms with Crippen LogP contribution in [0.1, 0.15) is 19.8 Å². The van der Waals surface area contributed by atoms with Crippen molar-refractivity contribution in [3.05, 3.63) is 24.3 Å². The first-order valence-electron chi connectivity index (χ1n) is 6.15. The van der Waals surface area contributed by atoms with Crippen LogP contribution in [0.4, 0.5) is 18.9 Å². The number of anilines is 1. The summed E-state index contributed by atoms with van der Waals surface area (Å²) in [6.07, 6.45) is -4.64. The van der Waals surface area contributed by atoms with Crippen LogP contribution in [-0.4, -0.2) is 27.7 Å². The molecule has 114 valence electrons. The van der Waals surface area contributed by atoms with E-state index in [9.17, 15) is 21.6 Å². The fraction of sp³-hybridized carbons (Fsp3) is 0.500. The third-order valence-electron chi connectivity index (χ3n) is 2.44. The van der Waals surface area contributed by atoms with Crippen LogP contribution in [0.2, 0.25) is 0 Å². The van der Waals surface area contributed by atoms with Crippen LogP contribution in [0.5, 0.6) is 0 Å². The second-order valence-electron chi connectivity index (χ2n) is 4.21. The van der Waals surface area contributed by atoms with Gasteiger partial charge < -0.3 is 5.32 Å². The molecule has 8 heteroatoms. The number of rotatable bonds is 7. The number of sulfonamides is 1. The average molecular weight is 310 g/mol. The third kappa shape index (κ3) is 5.79. The lowest BCUT2D eigenvalue weighted by Crippen LogP contribution is -2.28. The van der Waals surface area contributed by atoms with E-state index in [0.717, 1.165) is 18.7 Å². The average Bonchev–Trinajstić information content (AvgIpc) is 2.35. The Morgan fingerprint density at radius 1 is 1.10 bits per heavy atom. The van der Waals surface area contributed by atoms with Crippen LogP contribution in [-0.2, 0) is 10.0 Å². The van der Waals surface area contributed by atoms with Crippen molar-refractivity contribution in [3.8, 4) is 0 Å². The van der Waals surface area contributed by atoms with E-state index in [1.165, 1.54) is 12.1 Å². The van der Waals surface area contributed by atoms with Gasteiger partial charge in [0.25, 0.3) is 0 Å². The highest BCUT2D eigenvalue weighted by atomic mass is 32.2. The van der Waals surface area contributed by atoms with Crippen molar-refractivity contribution in [1.82, 2.24) is 4.72 Å². The van der Waals surface area contributed by atoms with Gasteiger partial charge >= 0.3 is 6.18 Å². The Bertz CT molecular complexity index is 512. The molecule has 2 N–H and O–H groups in total. The van der Waals surface area contributed by atoms with E-state index in [-0.39, 0.29) is 4.90 Å². The number of hydrogen-bond acceptors (Lipinski definition) is 3. The quantitative estimate of drug-likeness (QED) is 0.814. The zero-order valence-electron chi connectivity index (χ0n) is 11.0. The number of nitrogens with one attached hydrogen (secondary N) is 2. The minimum atomic E-state index is -4.38. The van der Waals surface area contributed by atoms with Gasteiger partial charge in [-0.25, -0.2) is 13.1 Å². The second-order valence-corrected chi connectivity index (χ2v) is 5.98. The number of halogens is 3. The smallest absolute Gasteiger partial charge is 0.385 e. The fourth-order valence-electron chi connectivity index (χ4n) is 1.43. The Hall–Kier alpha value is -1.28. The topological polar surface area (TPSA) is 58.2 Å². The van der Waals surface area contributed by atoms with Gasteiger partial charge in [-0.15, -0.1) is 0 Å². The lowest BCUT2D eigenvalue weighted by molar-refractivity contribution is -0.132. The lowest BCUT2D eigenvalue weighted by atomic mass is 10.3. The Morgan fingerprint density at radius 2 is 1.70 bits per heavy atom. The lowest BCUT2D eigenvalue weighted by Gasteiger charge is -2.10. The van der Waals surface area contributed by atoms with Gasteiger partial charge in [0.2, 0.25) is 10.0 Å². The van der Waals surface area contributed by atoms with Crippen molar-refractivity contribution in [1.29, 1.82) is 0 Å². The molecular formula is C12H17F3N2O2S. The van der Waals surface area contributed by atoms with Crippen LogP contribution in [0, 0.1) is 0 Å². The molecule has 0 fully saturated rings. The third-order valence-corrected chi connectivity index (χ3v) is 3.92. The maximum Gasteiger partial charge on any atom is 0.390 e. The normalized spacial score (nSPS) is 12.4. The Morgan fingerprint density at radius 3 is 2.20 bits per heavy atom. The van der Waals surface area contributed by atoms with E-state index in [2.05, 4.69) is 5.32 Å². The molecule has 0 saturated carbocycles. The second kappa shape index (κ2) is 6.94. The standard InChI is InChI=1S/C12H17F3N2O2S/c1-2-8-16-10-3-5-11(6-4-10)20(18,19)17-9-7-12(13,14)15/h3-6,16-17H,2,7-9H2,1H3. The van der Waals surface area contributed by atoms with E-state index in [4.69, 9.17) is 0 Å². The van der Waals surface area contributed by atoms with Crippen molar-refractivity contribution in [2.75, 3.05) is 18.4 Å². The molecule has 1 rings (SSSR count). The predicted octanol–water partition coefficient (Wildman–Crippen LogP) is 2.74. The summed E-state index contributed by atoms with van der Waals surface area (Å²) in [6.45, 7) is 2.09. The molecule has 0 radical (unpaired) electrons. The molecule has 0 aromatic heterocycles. The molecular weight excluding hydrogens is 293 g/mol. The van der Waals surface area contributed by atoms with Gasteiger partial charge in [0, 0.05) is 18.8 Å². The van der Waals surface area contributed by atoms with Crippen LogP contribution >= 0.6 is 0 Å². The molecule has 0 aliphatic heterocycles. The van der Waals surface area contributed by atoms with Gasteiger partial charge in [0.15, 0.2) is 0 Å². The number of benzene rings is 1. The zero-order chi connectivity index (χ0) is 15.2. The molecule has 4 nitrogen and oxygen atoms in total. The van der Waals surface area contributed by atoms with Gasteiger partial charge in [-0.2, -0.15) is 13.2 Å². The summed E-state index contributed by atoms with van der Waals surface area (Å²) in [5.41, 5.74) is 0.765. The molecule has 1 aromatic carbocycles. The summed E-state index contributed by atoms with van der Waals surface area (Å²) in [5.74, 6) is 0. The van der Waals surface area contributed by atoms with Crippen LogP contribution in [0.15, 0.2) is 29.2 Å². The van der Waals surface area contributed by atoms with Gasteiger partial charge in [-0.05, 0) is 30.7 Å². The SMILES string of the molecule is CCCNc1ccc(S(=O)(=O)NCCC(F)(F)F)cc1. The Labute approximate surface area is 116 Å². The van der Waals surface area contributed by atoms with Crippen molar-refractivity contribution in [2.24, 2.45) is 0 Å². The van der Waals surface area contributed by atoms with Gasteiger partial charge in [-0.1, -0.05) is 6.92 Å². The molecule has 0 heterocycles. The van der Waals surface area contributed by atoms with E-state index < -0.39 is 29.2 Å². The monoisotopic (exact) mass is 310 g/mol. The Balaban J connectivity index is 2.63. The molecule has 0 unspecified atom stereocenters. The highest BCUT2D eigenvalue weighted by Gasteiger charge is 2.27. The molecule has 0 spiro atoms. The van der Waals surface area contributed by atoms with Crippen molar-refractivity contribution in [2.45, 2.75) is 30.8 Å². The Kier molecular flexibility index (Phi) is 5.82. The first-order valence-corrected chi connectivity index (χ1v) is 7.63. The first-order chi connectivity index (χ1) is 9.24. The molecule has 0 aliphatic rings. The van der Waals surface area contributed by atoms with Crippen molar-refractivity contribution in [3.63, 3.8) is 0 Å². The zero-order valence-corrected chi connectivity index (χ0v) is 11.8. The maximum absolute atomic E-state index is 12.0. The minimum absolute atomic E-state index is 0.0540. The summed E-state index contributed by atoms with van der Waals surface area (Å²) >= 11 is 0. The summed E-state index contributed by atoms with van der Waals surface area (Å²) in [6, 6.07) is 5.86. The van der Waals surface area contributed by atoms with Crippen LogP contribution < -0.4 is 10.0 Å². The van der Waals surface area contributed by atoms with E-state index in [1.54, 1.807) is 12.1 Å². The highest BCUT2D eigenvalue weighted by molar-refractivity contribution is 7.89. The molecule has 20 heavy (non-hydrogen) atoms. The molecule has 0 bridgehead atoms. The molecule has 0 aliphatic carbocycles. The highest BCUT2D eigenvalue weighted by Crippen LogP contribution is 2.19. The summed E-state index contributed by atoms with van der Waals surface area (Å²) < 4.78 is 61.3. The van der Waals surface area contributed by atoms with Gasteiger partial charge in [-0.3, -0.25) is 0 Å². The molecule has 1 aromatic rings. The van der Waals surface area contributed by atoms with E-state index in [1.807, 2.05) is 11.6 Å².